The average Bonchev–Trinajstić information content (AvgIpc) is 2.83. The number of fused-ring (bicyclic) bond motifs is 1. The zero-order chi connectivity index (χ0) is 13.2. The van der Waals surface area contributed by atoms with Crippen LogP contribution < -0.4 is 0 Å². The van der Waals surface area contributed by atoms with Gasteiger partial charge in [0.05, 0.1) is 17.4 Å². The molecule has 0 unspecified atom stereocenters. The summed E-state index contributed by atoms with van der Waals surface area (Å²) in [6.45, 7) is 2.05. The molecule has 1 heterocycles. The lowest BCUT2D eigenvalue weighted by atomic mass is 10.1. The molecular weight excluding hydrogens is 239 g/mol. The molecule has 2 nitrogen and oxygen atoms in total. The van der Waals surface area contributed by atoms with Crippen LogP contribution >= 0.6 is 0 Å². The van der Waals surface area contributed by atoms with Gasteiger partial charge in [-0.2, -0.15) is 5.10 Å². The van der Waals surface area contributed by atoms with Gasteiger partial charge in [0.15, 0.2) is 0 Å². The summed E-state index contributed by atoms with van der Waals surface area (Å²) in [7, 11) is 0. The lowest BCUT2D eigenvalue weighted by molar-refractivity contribution is 0.627. The summed E-state index contributed by atoms with van der Waals surface area (Å²) >= 11 is 0. The van der Waals surface area contributed by atoms with Crippen molar-refractivity contribution in [2.24, 2.45) is 0 Å². The van der Waals surface area contributed by atoms with Gasteiger partial charge in [0, 0.05) is 5.39 Å². The van der Waals surface area contributed by atoms with E-state index in [2.05, 4.69) is 29.7 Å². The minimum atomic E-state index is -0.235. The highest BCUT2D eigenvalue weighted by atomic mass is 19.1. The van der Waals surface area contributed by atoms with Gasteiger partial charge >= 0.3 is 0 Å². The Hall–Kier alpha value is -2.16. The quantitative estimate of drug-likeness (QED) is 0.691. The van der Waals surface area contributed by atoms with Crippen molar-refractivity contribution in [3.63, 3.8) is 0 Å². The summed E-state index contributed by atoms with van der Waals surface area (Å²) in [5.74, 6) is -0.235. The normalized spacial score (nSPS) is 11.1. The molecule has 1 aromatic heterocycles. The van der Waals surface area contributed by atoms with Gasteiger partial charge < -0.3 is 0 Å². The number of rotatable bonds is 3. The fraction of sp³-hybridized carbons (Fsp3) is 0.125. The third-order valence-corrected chi connectivity index (χ3v) is 3.14. The molecule has 0 saturated carbocycles. The van der Waals surface area contributed by atoms with Crippen molar-refractivity contribution >= 4 is 10.9 Å². The Balaban J connectivity index is 2.07. The lowest BCUT2D eigenvalue weighted by Gasteiger charge is -2.04. The smallest absolute Gasteiger partial charge is 0.123 e. The second-order valence-electron chi connectivity index (χ2n) is 4.54. The van der Waals surface area contributed by atoms with Gasteiger partial charge in [0.2, 0.25) is 0 Å². The van der Waals surface area contributed by atoms with E-state index in [0.717, 1.165) is 23.0 Å². The summed E-state index contributed by atoms with van der Waals surface area (Å²) in [5.41, 5.74) is 3.17. The van der Waals surface area contributed by atoms with Gasteiger partial charge in [-0.1, -0.05) is 13.0 Å². The van der Waals surface area contributed by atoms with E-state index in [1.54, 1.807) is 12.1 Å². The van der Waals surface area contributed by atoms with Crippen molar-refractivity contribution in [2.75, 3.05) is 0 Å². The molecule has 0 aliphatic heterocycles. The first kappa shape index (κ1) is 11.9. The highest BCUT2D eigenvalue weighted by molar-refractivity contribution is 5.81. The Morgan fingerprint density at radius 2 is 1.95 bits per heavy atom. The summed E-state index contributed by atoms with van der Waals surface area (Å²) < 4.78 is 14.8. The van der Waals surface area contributed by atoms with E-state index >= 15 is 0 Å². The topological polar surface area (TPSA) is 17.8 Å². The van der Waals surface area contributed by atoms with Crippen LogP contribution in [0.4, 0.5) is 4.39 Å². The molecule has 0 aliphatic carbocycles. The van der Waals surface area contributed by atoms with Crippen molar-refractivity contribution in [3.05, 3.63) is 66.5 Å². The maximum Gasteiger partial charge on any atom is 0.123 e. The van der Waals surface area contributed by atoms with Crippen molar-refractivity contribution in [1.29, 1.82) is 0 Å². The van der Waals surface area contributed by atoms with Crippen molar-refractivity contribution in [2.45, 2.75) is 13.3 Å². The molecule has 0 spiro atoms. The zero-order valence-corrected chi connectivity index (χ0v) is 10.7. The number of benzene rings is 2. The second kappa shape index (κ2) is 4.84. The Morgan fingerprint density at radius 1 is 1.16 bits per heavy atom. The minimum Gasteiger partial charge on any atom is -0.233 e. The minimum absolute atomic E-state index is 0.235. The zero-order valence-electron chi connectivity index (χ0n) is 10.7. The number of nitrogens with zero attached hydrogens (tertiary/aromatic N) is 2. The molecule has 0 N–H and O–H groups in total. The largest absolute Gasteiger partial charge is 0.233 e. The third kappa shape index (κ3) is 2.24. The van der Waals surface area contributed by atoms with E-state index in [9.17, 15) is 4.39 Å². The standard InChI is InChI=1S/C16H14FN2/c1-2-3-12-4-9-16-13(10-12)11-18-19(16)15-7-5-14(17)6-8-15/h2,4-11H,3H2,1H3. The number of hydrogen-bond donors (Lipinski definition) is 0. The van der Waals surface area contributed by atoms with Crippen LogP contribution in [0.3, 0.4) is 0 Å². The molecular formula is C16H14FN2. The van der Waals surface area contributed by atoms with Crippen LogP contribution in [0.5, 0.6) is 0 Å². The summed E-state index contributed by atoms with van der Waals surface area (Å²) in [5, 5.41) is 5.48. The van der Waals surface area contributed by atoms with Crippen LogP contribution in [0.1, 0.15) is 12.5 Å². The second-order valence-corrected chi connectivity index (χ2v) is 4.54. The molecule has 2 aromatic carbocycles. The molecule has 3 aromatic rings. The monoisotopic (exact) mass is 253 g/mol. The van der Waals surface area contributed by atoms with Gasteiger partial charge in [-0.15, -0.1) is 0 Å². The first-order valence-corrected chi connectivity index (χ1v) is 6.28. The van der Waals surface area contributed by atoms with Gasteiger partial charge in [-0.3, -0.25) is 0 Å². The van der Waals surface area contributed by atoms with Gasteiger partial charge in [-0.05, 0) is 54.8 Å². The van der Waals surface area contributed by atoms with Gasteiger partial charge in [0.1, 0.15) is 5.82 Å². The predicted molar refractivity (Wildman–Crippen MR) is 74.7 cm³/mol. The van der Waals surface area contributed by atoms with Crippen LogP contribution in [0.2, 0.25) is 0 Å². The Kier molecular flexibility index (Phi) is 3.03. The number of aromatic nitrogens is 2. The van der Waals surface area contributed by atoms with Crippen molar-refractivity contribution < 1.29 is 4.39 Å². The Labute approximate surface area is 111 Å². The molecule has 0 aliphatic rings. The van der Waals surface area contributed by atoms with Gasteiger partial charge in [-0.25, -0.2) is 9.07 Å². The first-order chi connectivity index (χ1) is 9.28. The van der Waals surface area contributed by atoms with E-state index in [4.69, 9.17) is 0 Å². The van der Waals surface area contributed by atoms with E-state index in [-0.39, 0.29) is 5.82 Å². The highest BCUT2D eigenvalue weighted by Gasteiger charge is 2.05. The van der Waals surface area contributed by atoms with E-state index < -0.39 is 0 Å². The van der Waals surface area contributed by atoms with E-state index in [1.807, 2.05) is 17.8 Å². The summed E-state index contributed by atoms with van der Waals surface area (Å²) in [6.07, 6.45) is 4.93. The fourth-order valence-electron chi connectivity index (χ4n) is 2.23. The van der Waals surface area contributed by atoms with E-state index in [0.29, 0.717) is 0 Å². The van der Waals surface area contributed by atoms with Gasteiger partial charge in [0.25, 0.3) is 0 Å². The maximum atomic E-state index is 12.9. The predicted octanol–water partition coefficient (Wildman–Crippen LogP) is 3.93. The van der Waals surface area contributed by atoms with Crippen molar-refractivity contribution in [1.82, 2.24) is 9.78 Å². The van der Waals surface area contributed by atoms with E-state index in [1.165, 1.54) is 17.7 Å². The lowest BCUT2D eigenvalue weighted by Crippen LogP contribution is -1.95. The van der Waals surface area contributed by atoms with Crippen LogP contribution in [-0.4, -0.2) is 9.78 Å². The summed E-state index contributed by atoms with van der Waals surface area (Å²) in [4.78, 5) is 0. The molecule has 19 heavy (non-hydrogen) atoms. The maximum absolute atomic E-state index is 12.9. The number of halogens is 1. The average molecular weight is 253 g/mol. The van der Waals surface area contributed by atoms with Crippen LogP contribution in [0, 0.1) is 12.2 Å². The van der Waals surface area contributed by atoms with Crippen LogP contribution in [0.25, 0.3) is 16.6 Å². The molecule has 95 valence electrons. The van der Waals surface area contributed by atoms with Crippen molar-refractivity contribution in [3.8, 4) is 5.69 Å². The molecule has 0 fully saturated rings. The Bertz CT molecular complexity index is 698. The molecule has 1 radical (unpaired) electrons. The fourth-order valence-corrected chi connectivity index (χ4v) is 2.23. The molecule has 0 bridgehead atoms. The molecule has 0 amide bonds. The van der Waals surface area contributed by atoms with Crippen LogP contribution in [0.15, 0.2) is 48.7 Å². The van der Waals surface area contributed by atoms with Crippen LogP contribution in [-0.2, 0) is 6.42 Å². The molecule has 3 heteroatoms. The highest BCUT2D eigenvalue weighted by Crippen LogP contribution is 2.20. The molecule has 0 saturated heterocycles. The number of hydrogen-bond acceptors (Lipinski definition) is 1. The first-order valence-electron chi connectivity index (χ1n) is 6.28. The summed E-state index contributed by atoms with van der Waals surface area (Å²) in [6, 6.07) is 12.7. The molecule has 3 rings (SSSR count). The molecule has 0 atom stereocenters. The third-order valence-electron chi connectivity index (χ3n) is 3.14. The Morgan fingerprint density at radius 3 is 2.68 bits per heavy atom. The SMILES string of the molecule is C[CH]Cc1ccc2c(cnn2-c2ccc(F)cc2)c1.